The second-order valence-electron chi connectivity index (χ2n) is 7.69. The summed E-state index contributed by atoms with van der Waals surface area (Å²) >= 11 is 0. The molecule has 2 aliphatic rings. The third-order valence-corrected chi connectivity index (χ3v) is 8.58. The van der Waals surface area contributed by atoms with Gasteiger partial charge in [0.15, 0.2) is 12.1 Å². The van der Waals surface area contributed by atoms with Gasteiger partial charge in [0.05, 0.1) is 13.2 Å². The molecule has 0 saturated carbocycles. The zero-order chi connectivity index (χ0) is 26.3. The fourth-order valence-electron chi connectivity index (χ4n) is 3.46. The van der Waals surface area contributed by atoms with Crippen LogP contribution in [-0.2, 0) is 27.4 Å². The number of aliphatic hydroxyl groups excluding tert-OH is 6. The van der Waals surface area contributed by atoms with Crippen molar-refractivity contribution in [2.45, 2.75) is 54.8 Å². The average Bonchev–Trinajstić information content (AvgIpc) is 3.04. The number of ether oxygens (including phenoxy) is 2. The van der Waals surface area contributed by atoms with Crippen LogP contribution in [-0.4, -0.2) is 112 Å². The van der Waals surface area contributed by atoms with Gasteiger partial charge in [-0.25, -0.2) is 13.7 Å². The van der Waals surface area contributed by atoms with Gasteiger partial charge in [-0.3, -0.25) is 23.4 Å². The Morgan fingerprint density at radius 3 is 2.17 bits per heavy atom. The number of H-pyrrole nitrogens is 1. The lowest BCUT2D eigenvalue weighted by molar-refractivity contribution is -0.211. The molecule has 2 aliphatic heterocycles. The van der Waals surface area contributed by atoms with Crippen molar-refractivity contribution in [1.29, 1.82) is 0 Å². The zero-order valence-corrected chi connectivity index (χ0v) is 19.2. The molecule has 2 fully saturated rings. The van der Waals surface area contributed by atoms with Crippen molar-refractivity contribution < 1.29 is 67.9 Å². The third kappa shape index (κ3) is 5.98. The highest BCUT2D eigenvalue weighted by atomic mass is 31.3. The molecule has 0 aliphatic carbocycles. The fourth-order valence-corrected chi connectivity index (χ4v) is 6.41. The monoisotopic (exact) mass is 550 g/mol. The summed E-state index contributed by atoms with van der Waals surface area (Å²) < 4.78 is 44.3. The second kappa shape index (κ2) is 10.6. The van der Waals surface area contributed by atoms with E-state index in [0.717, 1.165) is 16.8 Å². The first-order valence-corrected chi connectivity index (χ1v) is 13.0. The molecule has 0 bridgehead atoms. The Morgan fingerprint density at radius 1 is 0.943 bits per heavy atom. The summed E-state index contributed by atoms with van der Waals surface area (Å²) in [5, 5.41) is 58.8. The first-order chi connectivity index (χ1) is 16.2. The number of hydrogen-bond donors (Lipinski definition) is 9. The summed E-state index contributed by atoms with van der Waals surface area (Å²) in [6.07, 6.45) is -13.5. The van der Waals surface area contributed by atoms with Crippen LogP contribution in [0.3, 0.4) is 0 Å². The van der Waals surface area contributed by atoms with Crippen LogP contribution in [0.2, 0.25) is 0 Å². The number of nitrogens with zero attached hydrogens (tertiary/aromatic N) is 1. The van der Waals surface area contributed by atoms with Crippen LogP contribution in [0.15, 0.2) is 21.9 Å². The van der Waals surface area contributed by atoms with Gasteiger partial charge in [0.25, 0.3) is 5.56 Å². The highest BCUT2D eigenvalue weighted by Gasteiger charge is 2.54. The van der Waals surface area contributed by atoms with Gasteiger partial charge < -0.3 is 49.9 Å². The summed E-state index contributed by atoms with van der Waals surface area (Å²) in [6, 6.07) is 0.932. The number of aromatic amines is 1. The summed E-state index contributed by atoms with van der Waals surface area (Å²) in [6.45, 7) is -1.97. The molecule has 1 aromatic heterocycles. The van der Waals surface area contributed by atoms with Gasteiger partial charge in [-0.05, 0) is 0 Å². The van der Waals surface area contributed by atoms with Crippen LogP contribution >= 0.6 is 15.4 Å². The van der Waals surface area contributed by atoms with E-state index in [0.29, 0.717) is 0 Å². The summed E-state index contributed by atoms with van der Waals surface area (Å²) in [5.74, 6) is -2.37. The molecule has 5 unspecified atom stereocenters. The van der Waals surface area contributed by atoms with E-state index in [1.54, 1.807) is 0 Å². The van der Waals surface area contributed by atoms with Crippen LogP contribution in [0.25, 0.3) is 0 Å². The maximum Gasteiger partial charge on any atom is 0.479 e. The quantitative estimate of drug-likeness (QED) is 0.137. The number of rotatable bonds is 8. The number of phosphoric ester groups is 1. The van der Waals surface area contributed by atoms with Gasteiger partial charge in [0.2, 0.25) is 0 Å². The van der Waals surface area contributed by atoms with Crippen molar-refractivity contribution >= 4 is 15.4 Å². The number of aromatic nitrogens is 2. The van der Waals surface area contributed by atoms with Crippen LogP contribution in [0.1, 0.15) is 6.23 Å². The van der Waals surface area contributed by atoms with Crippen LogP contribution < -0.4 is 11.2 Å². The molecule has 0 spiro atoms. The molecule has 0 radical (unpaired) electrons. The zero-order valence-electron chi connectivity index (χ0n) is 17.5. The van der Waals surface area contributed by atoms with Crippen molar-refractivity contribution in [3.05, 3.63) is 33.1 Å². The lowest BCUT2D eigenvalue weighted by Gasteiger charge is -2.40. The Morgan fingerprint density at radius 2 is 1.57 bits per heavy atom. The molecule has 11 atom stereocenters. The number of phosphoric acid groups is 1. The Hall–Kier alpha value is -1.34. The standard InChI is InChI=1S/C15H24N2O16P2/c18-3-5-8(20)10(22)12(24)14(32-5)34(26,27)33-35(28,29)30-4-6-9(21)11(23)13(31-6)17-2-1-7(19)16-15(17)25/h1-2,5-6,8-14,18,20-24H,3-4H2,(H,26,27)(H,28,29)(H,16,19,25)/t5?,6-,8+,9?,10?,11+,12-,13-,14-/m1/s1. The van der Waals surface area contributed by atoms with Gasteiger partial charge in [-0.1, -0.05) is 0 Å². The van der Waals surface area contributed by atoms with Crippen LogP contribution in [0, 0.1) is 0 Å². The number of nitrogens with one attached hydrogen (secondary N) is 1. The average molecular weight is 550 g/mol. The minimum atomic E-state index is -5.48. The normalized spacial score (nSPS) is 39.1. The van der Waals surface area contributed by atoms with E-state index in [1.165, 1.54) is 0 Å². The fraction of sp³-hybridized carbons (Fsp3) is 0.733. The highest BCUT2D eigenvalue weighted by molar-refractivity contribution is 7.64. The molecule has 2 saturated heterocycles. The predicted octanol–water partition coefficient (Wildman–Crippen LogP) is -4.73. The molecule has 20 heteroatoms. The van der Waals surface area contributed by atoms with Crippen molar-refractivity contribution in [1.82, 2.24) is 9.55 Å². The molecular formula is C15H24N2O16P2. The Balaban J connectivity index is 1.67. The van der Waals surface area contributed by atoms with E-state index in [2.05, 4.69) is 8.83 Å². The summed E-state index contributed by atoms with van der Waals surface area (Å²) in [5.41, 5.74) is -1.74. The predicted molar refractivity (Wildman–Crippen MR) is 108 cm³/mol. The van der Waals surface area contributed by atoms with Gasteiger partial charge >= 0.3 is 21.1 Å². The molecule has 0 aromatic carbocycles. The molecule has 9 N–H and O–H groups in total. The van der Waals surface area contributed by atoms with E-state index in [4.69, 9.17) is 14.6 Å². The minimum absolute atomic E-state index is 0.728. The maximum atomic E-state index is 12.5. The van der Waals surface area contributed by atoms with E-state index in [1.807, 2.05) is 4.98 Å². The third-order valence-electron chi connectivity index (χ3n) is 5.27. The van der Waals surface area contributed by atoms with Crippen LogP contribution in [0.4, 0.5) is 0 Å². The molecule has 200 valence electrons. The maximum absolute atomic E-state index is 12.5. The number of hydrogen-bond acceptors (Lipinski definition) is 14. The lowest BCUT2D eigenvalue weighted by Crippen LogP contribution is -2.58. The van der Waals surface area contributed by atoms with Gasteiger partial charge in [-0.15, -0.1) is 0 Å². The first-order valence-electron chi connectivity index (χ1n) is 9.83. The van der Waals surface area contributed by atoms with Gasteiger partial charge in [0.1, 0.15) is 42.7 Å². The SMILES string of the molecule is O=c1ccn([C@@H]2O[C@H](COP(=O)(O)OP(=O)(O)[C@H]3OC(CO)[C@H](O)C(O)[C@H]3O)C(O)[C@@H]2O)c(=O)[nH]1. The van der Waals surface area contributed by atoms with Gasteiger partial charge in [-0.2, -0.15) is 0 Å². The molecule has 35 heavy (non-hydrogen) atoms. The van der Waals surface area contributed by atoms with E-state index >= 15 is 0 Å². The summed E-state index contributed by atoms with van der Waals surface area (Å²) in [4.78, 5) is 44.9. The Bertz CT molecular complexity index is 1110. The van der Waals surface area contributed by atoms with E-state index in [-0.39, 0.29) is 0 Å². The second-order valence-corrected chi connectivity index (χ2v) is 11.2. The summed E-state index contributed by atoms with van der Waals surface area (Å²) in [7, 11) is -10.9. The molecule has 3 rings (SSSR count). The van der Waals surface area contributed by atoms with E-state index < -0.39 is 94.7 Å². The Labute approximate surface area is 194 Å². The van der Waals surface area contributed by atoms with Crippen molar-refractivity contribution in [2.24, 2.45) is 0 Å². The Kier molecular flexibility index (Phi) is 8.52. The molecular weight excluding hydrogens is 526 g/mol. The first kappa shape index (κ1) is 28.2. The molecule has 18 nitrogen and oxygen atoms in total. The minimum Gasteiger partial charge on any atom is -0.394 e. The lowest BCUT2D eigenvalue weighted by atomic mass is 10.0. The largest absolute Gasteiger partial charge is 0.479 e. The highest BCUT2D eigenvalue weighted by Crippen LogP contribution is 2.64. The van der Waals surface area contributed by atoms with Crippen molar-refractivity contribution in [3.63, 3.8) is 0 Å². The molecule has 1 aromatic rings. The number of aliphatic hydroxyl groups is 6. The molecule has 3 heterocycles. The topological polar surface area (TPSA) is 288 Å². The molecule has 0 amide bonds. The van der Waals surface area contributed by atoms with Crippen molar-refractivity contribution in [2.75, 3.05) is 13.2 Å². The van der Waals surface area contributed by atoms with Crippen LogP contribution in [0.5, 0.6) is 0 Å². The van der Waals surface area contributed by atoms with Gasteiger partial charge in [0, 0.05) is 12.3 Å². The smallest absolute Gasteiger partial charge is 0.394 e. The van der Waals surface area contributed by atoms with Crippen molar-refractivity contribution in [3.8, 4) is 0 Å². The van der Waals surface area contributed by atoms with E-state index in [9.17, 15) is 54.0 Å².